The maximum atomic E-state index is 14.2. The van der Waals surface area contributed by atoms with Gasteiger partial charge in [-0.3, -0.25) is 24.0 Å². The lowest BCUT2D eigenvalue weighted by atomic mass is 9.95. The normalized spacial score (nSPS) is 14.4. The highest BCUT2D eigenvalue weighted by Gasteiger charge is 2.35. The third kappa shape index (κ3) is 8.08. The smallest absolute Gasteiger partial charge is 0.269 e. The molecule has 1 aliphatic carbocycles. The monoisotopic (exact) mass is 660 g/mol. The Kier molecular flexibility index (Phi) is 11.2. The fourth-order valence-electron chi connectivity index (χ4n) is 5.29. The van der Waals surface area contributed by atoms with Crippen molar-refractivity contribution in [1.82, 2.24) is 10.2 Å². The molecule has 44 heavy (non-hydrogen) atoms. The van der Waals surface area contributed by atoms with Crippen molar-refractivity contribution in [2.75, 3.05) is 10.8 Å². The van der Waals surface area contributed by atoms with E-state index in [1.54, 1.807) is 37.3 Å². The topological polar surface area (TPSA) is 130 Å². The molecule has 234 valence electrons. The maximum absolute atomic E-state index is 14.2. The summed E-state index contributed by atoms with van der Waals surface area (Å²) in [5.41, 5.74) is 0.347. The lowest BCUT2D eigenvalue weighted by Crippen LogP contribution is -2.54. The number of benzene rings is 3. The van der Waals surface area contributed by atoms with Gasteiger partial charge in [0.2, 0.25) is 11.8 Å². The number of non-ortho nitro benzene ring substituents is 1. The lowest BCUT2D eigenvalue weighted by molar-refractivity contribution is -0.384. The standard InChI is InChI=1S/C31H34Cl2N4O6S/c1-2-29(31(39)34-24-9-5-3-6-10-24)35(20-22-13-14-23(32)19-28(22)33)30(38)21-36(25-15-17-26(18-16-25)37(40)41)44(42,43)27-11-7-4-8-12-27/h4,7-8,11-19,24,29H,2-3,5-6,9-10,20-21H2,1H3,(H,34,39)/t29-/m0/s1. The Morgan fingerprint density at radius 1 is 1.00 bits per heavy atom. The average molecular weight is 662 g/mol. The Bertz CT molecular complexity index is 1580. The van der Waals surface area contributed by atoms with E-state index in [0.29, 0.717) is 15.6 Å². The number of nitrogens with zero attached hydrogens (tertiary/aromatic N) is 3. The minimum Gasteiger partial charge on any atom is -0.352 e. The molecule has 1 N–H and O–H groups in total. The average Bonchev–Trinajstić information content (AvgIpc) is 3.01. The summed E-state index contributed by atoms with van der Waals surface area (Å²) in [6, 6.07) is 16.4. The molecule has 4 rings (SSSR count). The van der Waals surface area contributed by atoms with Crippen molar-refractivity contribution in [3.05, 3.63) is 98.5 Å². The van der Waals surface area contributed by atoms with E-state index in [1.807, 2.05) is 0 Å². The van der Waals surface area contributed by atoms with E-state index in [0.717, 1.165) is 36.4 Å². The van der Waals surface area contributed by atoms with Crippen molar-refractivity contribution in [2.45, 2.75) is 69.0 Å². The van der Waals surface area contributed by atoms with Crippen LogP contribution < -0.4 is 9.62 Å². The van der Waals surface area contributed by atoms with Gasteiger partial charge in [0.05, 0.1) is 15.5 Å². The molecule has 1 atom stereocenters. The Balaban J connectivity index is 1.73. The van der Waals surface area contributed by atoms with Crippen LogP contribution >= 0.6 is 23.2 Å². The zero-order valence-corrected chi connectivity index (χ0v) is 26.5. The molecule has 0 spiro atoms. The van der Waals surface area contributed by atoms with Crippen LogP contribution in [0.2, 0.25) is 10.0 Å². The second kappa shape index (κ2) is 14.9. The van der Waals surface area contributed by atoms with Gasteiger partial charge in [-0.1, -0.05) is 73.7 Å². The maximum Gasteiger partial charge on any atom is 0.269 e. The molecule has 2 amide bonds. The summed E-state index contributed by atoms with van der Waals surface area (Å²) < 4.78 is 28.7. The van der Waals surface area contributed by atoms with Crippen molar-refractivity contribution >= 4 is 56.4 Å². The number of hydrogen-bond acceptors (Lipinski definition) is 6. The number of nitro benzene ring substituents is 1. The summed E-state index contributed by atoms with van der Waals surface area (Å²) >= 11 is 12.6. The van der Waals surface area contributed by atoms with E-state index >= 15 is 0 Å². The molecule has 0 aromatic heterocycles. The minimum absolute atomic E-state index is 0.00330. The van der Waals surface area contributed by atoms with Crippen molar-refractivity contribution in [3.63, 3.8) is 0 Å². The highest BCUT2D eigenvalue weighted by atomic mass is 35.5. The number of hydrogen-bond donors (Lipinski definition) is 1. The highest BCUT2D eigenvalue weighted by molar-refractivity contribution is 7.92. The van der Waals surface area contributed by atoms with E-state index < -0.39 is 33.4 Å². The number of carbonyl (C=O) groups is 2. The SMILES string of the molecule is CC[C@@H](C(=O)NC1CCCCC1)N(Cc1ccc(Cl)cc1Cl)C(=O)CN(c1ccc([N+](=O)[O-])cc1)S(=O)(=O)c1ccccc1. The molecule has 1 saturated carbocycles. The summed E-state index contributed by atoms with van der Waals surface area (Å²) in [4.78, 5) is 39.8. The van der Waals surface area contributed by atoms with Gasteiger partial charge in [-0.2, -0.15) is 0 Å². The first-order valence-corrected chi connectivity index (χ1v) is 16.6. The van der Waals surface area contributed by atoms with Crippen LogP contribution in [0.5, 0.6) is 0 Å². The van der Waals surface area contributed by atoms with Crippen molar-refractivity contribution in [3.8, 4) is 0 Å². The second-order valence-corrected chi connectivity index (χ2v) is 13.3. The van der Waals surface area contributed by atoms with Gasteiger partial charge in [-0.25, -0.2) is 8.42 Å². The molecule has 1 aliphatic rings. The van der Waals surface area contributed by atoms with Crippen molar-refractivity contribution in [2.24, 2.45) is 0 Å². The van der Waals surface area contributed by atoms with Crippen LogP contribution in [-0.2, 0) is 26.2 Å². The third-order valence-corrected chi connectivity index (χ3v) is 10.0. The molecule has 3 aromatic carbocycles. The van der Waals surface area contributed by atoms with Crippen LogP contribution in [0.15, 0.2) is 77.7 Å². The largest absolute Gasteiger partial charge is 0.352 e. The Hall–Kier alpha value is -3.67. The van der Waals surface area contributed by atoms with Gasteiger partial charge in [0.25, 0.3) is 15.7 Å². The molecule has 0 aliphatic heterocycles. The molecule has 0 heterocycles. The Morgan fingerprint density at radius 3 is 2.25 bits per heavy atom. The quantitative estimate of drug-likeness (QED) is 0.178. The molecule has 0 radical (unpaired) electrons. The minimum atomic E-state index is -4.31. The van der Waals surface area contributed by atoms with E-state index in [9.17, 15) is 28.1 Å². The van der Waals surface area contributed by atoms with E-state index in [2.05, 4.69) is 5.32 Å². The molecule has 0 bridgehead atoms. The van der Waals surface area contributed by atoms with Crippen LogP contribution in [0.4, 0.5) is 11.4 Å². The molecular weight excluding hydrogens is 627 g/mol. The number of amides is 2. The lowest BCUT2D eigenvalue weighted by Gasteiger charge is -2.34. The molecule has 10 nitrogen and oxygen atoms in total. The Labute approximate surface area is 267 Å². The number of halogens is 2. The molecule has 13 heteroatoms. The zero-order valence-electron chi connectivity index (χ0n) is 24.2. The molecule has 3 aromatic rings. The van der Waals surface area contributed by atoms with Gasteiger partial charge in [-0.05, 0) is 61.2 Å². The number of anilines is 1. The molecule has 0 saturated heterocycles. The van der Waals surface area contributed by atoms with Crippen LogP contribution in [0.3, 0.4) is 0 Å². The summed E-state index contributed by atoms with van der Waals surface area (Å²) in [5, 5.41) is 15.0. The predicted molar refractivity (Wildman–Crippen MR) is 170 cm³/mol. The van der Waals surface area contributed by atoms with Gasteiger partial charge in [-0.15, -0.1) is 0 Å². The van der Waals surface area contributed by atoms with Crippen molar-refractivity contribution < 1.29 is 22.9 Å². The van der Waals surface area contributed by atoms with Crippen molar-refractivity contribution in [1.29, 1.82) is 0 Å². The summed E-state index contributed by atoms with van der Waals surface area (Å²) in [6.07, 6.45) is 5.08. The van der Waals surface area contributed by atoms with Crippen LogP contribution in [0.25, 0.3) is 0 Å². The number of nitro groups is 1. The van der Waals surface area contributed by atoms with Gasteiger partial charge < -0.3 is 10.2 Å². The zero-order chi connectivity index (χ0) is 31.9. The fraction of sp³-hybridized carbons (Fsp3) is 0.355. The predicted octanol–water partition coefficient (Wildman–Crippen LogP) is 6.35. The van der Waals surface area contributed by atoms with E-state index in [-0.39, 0.29) is 41.2 Å². The molecule has 1 fully saturated rings. The van der Waals surface area contributed by atoms with E-state index in [1.165, 1.54) is 47.4 Å². The Morgan fingerprint density at radius 2 is 1.66 bits per heavy atom. The van der Waals surface area contributed by atoms with Crippen LogP contribution in [0, 0.1) is 10.1 Å². The van der Waals surface area contributed by atoms with Crippen LogP contribution in [0.1, 0.15) is 51.0 Å². The van der Waals surface area contributed by atoms with Crippen LogP contribution in [-0.4, -0.2) is 48.7 Å². The van der Waals surface area contributed by atoms with Gasteiger partial charge in [0, 0.05) is 34.8 Å². The second-order valence-electron chi connectivity index (χ2n) is 10.6. The molecule has 0 unspecified atom stereocenters. The molecular formula is C31H34Cl2N4O6S. The van der Waals surface area contributed by atoms with Gasteiger partial charge >= 0.3 is 0 Å². The number of rotatable bonds is 12. The third-order valence-electron chi connectivity index (χ3n) is 7.65. The number of sulfonamides is 1. The number of carbonyl (C=O) groups excluding carboxylic acids is 2. The highest BCUT2D eigenvalue weighted by Crippen LogP contribution is 2.28. The van der Waals surface area contributed by atoms with Gasteiger partial charge in [0.1, 0.15) is 12.6 Å². The fourth-order valence-corrected chi connectivity index (χ4v) is 7.19. The number of nitrogens with one attached hydrogen (secondary N) is 1. The first-order valence-electron chi connectivity index (χ1n) is 14.4. The van der Waals surface area contributed by atoms with E-state index in [4.69, 9.17) is 23.2 Å². The summed E-state index contributed by atoms with van der Waals surface area (Å²) in [7, 11) is -4.31. The first-order chi connectivity index (χ1) is 21.0. The summed E-state index contributed by atoms with van der Waals surface area (Å²) in [6.45, 7) is 1.03. The summed E-state index contributed by atoms with van der Waals surface area (Å²) in [5.74, 6) is -0.981. The first kappa shape index (κ1) is 33.2. The van der Waals surface area contributed by atoms with Gasteiger partial charge in [0.15, 0.2) is 0 Å².